The van der Waals surface area contributed by atoms with Crippen LogP contribution in [0.15, 0.2) is 54.7 Å². The maximum absolute atomic E-state index is 13.6. The molecule has 14 heteroatoms. The van der Waals surface area contributed by atoms with E-state index < -0.39 is 12.2 Å². The number of H-pyrrole nitrogens is 1. The van der Waals surface area contributed by atoms with E-state index in [-0.39, 0.29) is 53.6 Å². The Labute approximate surface area is 327 Å². The van der Waals surface area contributed by atoms with E-state index in [0.29, 0.717) is 38.0 Å². The lowest BCUT2D eigenvalue weighted by Crippen LogP contribution is -2.42. The van der Waals surface area contributed by atoms with Crippen LogP contribution in [0.5, 0.6) is 0 Å². The number of carbonyl (C=O) groups excluding carboxylic acids is 5. The fraction of sp³-hybridized carbons (Fsp3) is 0.524. The fourth-order valence-electron chi connectivity index (χ4n) is 8.89. The smallest absolute Gasteiger partial charge is 0.407 e. The predicted octanol–water partition coefficient (Wildman–Crippen LogP) is 6.02. The van der Waals surface area contributed by atoms with Crippen LogP contribution in [0.3, 0.4) is 0 Å². The van der Waals surface area contributed by atoms with Gasteiger partial charge in [0.05, 0.1) is 38.1 Å². The van der Waals surface area contributed by atoms with E-state index in [1.165, 1.54) is 14.2 Å². The van der Waals surface area contributed by atoms with Gasteiger partial charge in [-0.1, -0.05) is 36.4 Å². The molecule has 14 nitrogen and oxygen atoms in total. The van der Waals surface area contributed by atoms with Crippen LogP contribution < -0.4 is 16.0 Å². The first-order valence-electron chi connectivity index (χ1n) is 20.0. The number of aromatic amines is 1. The van der Waals surface area contributed by atoms with Crippen LogP contribution in [-0.4, -0.2) is 95.6 Å². The van der Waals surface area contributed by atoms with E-state index in [2.05, 4.69) is 49.9 Å². The van der Waals surface area contributed by atoms with Crippen LogP contribution in [0.4, 0.5) is 15.3 Å². The Bertz CT molecular complexity index is 1860. The van der Waals surface area contributed by atoms with Crippen molar-refractivity contribution in [1.29, 1.82) is 0 Å². The van der Waals surface area contributed by atoms with Gasteiger partial charge in [-0.25, -0.2) is 14.6 Å². The molecule has 7 rings (SSSR count). The second-order valence-corrected chi connectivity index (χ2v) is 15.7. The molecule has 2 aliphatic heterocycles. The van der Waals surface area contributed by atoms with Crippen molar-refractivity contribution in [3.05, 3.63) is 60.6 Å². The SMILES string of the molecule is COC(=O)NC1CCC(C(=O)N2CC[C@H](C(=O)Nc3ccc(-c4ccc(-c5cnc([C@@H]6CCCN6C(=O)C6CCC(NC(=O)OC)CC6)[nH]5)cc4)cc3)C2)CC1. The number of amides is 5. The van der Waals surface area contributed by atoms with E-state index in [0.717, 1.165) is 86.1 Å². The van der Waals surface area contributed by atoms with Gasteiger partial charge in [0.2, 0.25) is 17.7 Å². The number of nitrogens with one attached hydrogen (secondary N) is 4. The van der Waals surface area contributed by atoms with Gasteiger partial charge in [-0.15, -0.1) is 0 Å². The monoisotopic (exact) mass is 767 g/mol. The summed E-state index contributed by atoms with van der Waals surface area (Å²) in [5.41, 5.74) is 4.66. The number of aromatic nitrogens is 2. The maximum atomic E-state index is 13.6. The number of alkyl carbamates (subject to hydrolysis) is 2. The number of ether oxygens (including phenoxy) is 2. The first-order valence-corrected chi connectivity index (χ1v) is 20.0. The molecule has 5 amide bonds. The minimum absolute atomic E-state index is 0.0296. The third-order valence-electron chi connectivity index (χ3n) is 12.2. The van der Waals surface area contributed by atoms with Gasteiger partial charge in [-0.2, -0.15) is 0 Å². The summed E-state index contributed by atoms with van der Waals surface area (Å²) in [7, 11) is 2.71. The van der Waals surface area contributed by atoms with E-state index >= 15 is 0 Å². The number of benzene rings is 2. The van der Waals surface area contributed by atoms with Gasteiger partial charge in [0.25, 0.3) is 0 Å². The number of nitrogens with zero attached hydrogens (tertiary/aromatic N) is 3. The standard InChI is InChI=1S/C42H53N7O7/c1-55-41(53)45-33-17-11-29(12-18-33)39(51)48-23-21-31(25-48)38(50)44-32-15-9-27(10-16-32)26-5-7-28(8-6-26)35-24-43-37(47-35)36-4-3-22-49(36)40(52)30-13-19-34(20-14-30)46-42(54)56-2/h5-10,15-16,24,29-31,33-34,36H,3-4,11-14,17-23,25H2,1-2H3,(H,43,47)(H,44,50)(H,45,53)(H,46,54)/t29?,30?,31-,33?,34?,36-/m0/s1. The normalized spacial score (nSPS) is 25.0. The van der Waals surface area contributed by atoms with Gasteiger partial charge >= 0.3 is 12.2 Å². The highest BCUT2D eigenvalue weighted by molar-refractivity contribution is 5.94. The Morgan fingerprint density at radius 1 is 0.661 bits per heavy atom. The van der Waals surface area contributed by atoms with Crippen LogP contribution in [0.25, 0.3) is 22.4 Å². The van der Waals surface area contributed by atoms with Crippen molar-refractivity contribution in [2.24, 2.45) is 17.8 Å². The van der Waals surface area contributed by atoms with Gasteiger partial charge < -0.3 is 40.2 Å². The van der Waals surface area contributed by atoms with Crippen LogP contribution in [-0.2, 0) is 23.9 Å². The minimum Gasteiger partial charge on any atom is -0.453 e. The number of likely N-dealkylation sites (tertiary alicyclic amines) is 2. The van der Waals surface area contributed by atoms with E-state index in [1.807, 2.05) is 40.3 Å². The summed E-state index contributed by atoms with van der Waals surface area (Å²) < 4.78 is 9.41. The van der Waals surface area contributed by atoms with Crippen molar-refractivity contribution in [2.45, 2.75) is 88.8 Å². The Kier molecular flexibility index (Phi) is 12.2. The Balaban J connectivity index is 0.882. The van der Waals surface area contributed by atoms with Gasteiger partial charge in [-0.3, -0.25) is 14.4 Å². The third kappa shape index (κ3) is 9.00. The van der Waals surface area contributed by atoms with Crippen molar-refractivity contribution in [2.75, 3.05) is 39.2 Å². The average Bonchev–Trinajstić information content (AvgIpc) is 4.03. The maximum Gasteiger partial charge on any atom is 0.407 e. The Morgan fingerprint density at radius 2 is 1.21 bits per heavy atom. The third-order valence-corrected chi connectivity index (χ3v) is 12.2. The number of imidazole rings is 1. The average molecular weight is 768 g/mol. The summed E-state index contributed by atoms with van der Waals surface area (Å²) in [6, 6.07) is 16.0. The Morgan fingerprint density at radius 3 is 1.80 bits per heavy atom. The zero-order valence-corrected chi connectivity index (χ0v) is 32.3. The molecular weight excluding hydrogens is 715 g/mol. The lowest BCUT2D eigenvalue weighted by Gasteiger charge is -2.32. The molecular formula is C42H53N7O7. The minimum atomic E-state index is -0.440. The van der Waals surface area contributed by atoms with Gasteiger partial charge in [0, 0.05) is 49.2 Å². The number of hydrogen-bond acceptors (Lipinski definition) is 8. The van der Waals surface area contributed by atoms with Gasteiger partial charge in [0.15, 0.2) is 0 Å². The van der Waals surface area contributed by atoms with Crippen molar-refractivity contribution < 1.29 is 33.4 Å². The molecule has 4 N–H and O–H groups in total. The molecule has 0 radical (unpaired) electrons. The zero-order valence-electron chi connectivity index (χ0n) is 32.3. The summed E-state index contributed by atoms with van der Waals surface area (Å²) in [5.74, 6) is 0.630. The molecule has 2 aliphatic carbocycles. The van der Waals surface area contributed by atoms with Crippen LogP contribution in [0.2, 0.25) is 0 Å². The van der Waals surface area contributed by atoms with Crippen molar-refractivity contribution >= 4 is 35.6 Å². The van der Waals surface area contributed by atoms with Crippen molar-refractivity contribution in [1.82, 2.24) is 30.4 Å². The molecule has 4 fully saturated rings. The van der Waals surface area contributed by atoms with E-state index in [4.69, 9.17) is 9.72 Å². The van der Waals surface area contributed by atoms with E-state index in [9.17, 15) is 24.0 Å². The molecule has 3 aromatic rings. The van der Waals surface area contributed by atoms with Crippen LogP contribution >= 0.6 is 0 Å². The molecule has 2 atom stereocenters. The molecule has 0 unspecified atom stereocenters. The van der Waals surface area contributed by atoms with Crippen LogP contribution in [0.1, 0.15) is 82.5 Å². The summed E-state index contributed by atoms with van der Waals surface area (Å²) in [6.07, 6.45) is 9.33. The molecule has 0 bridgehead atoms. The highest BCUT2D eigenvalue weighted by atomic mass is 16.5. The van der Waals surface area contributed by atoms with E-state index in [1.54, 1.807) is 0 Å². The second kappa shape index (κ2) is 17.6. The number of methoxy groups -OCH3 is 2. The summed E-state index contributed by atoms with van der Waals surface area (Å²) >= 11 is 0. The quantitative estimate of drug-likeness (QED) is 0.204. The Hall–Kier alpha value is -5.40. The topological polar surface area (TPSA) is 175 Å². The first kappa shape index (κ1) is 38.9. The highest BCUT2D eigenvalue weighted by Gasteiger charge is 2.38. The molecule has 2 saturated carbocycles. The molecule has 298 valence electrons. The molecule has 1 aromatic heterocycles. The van der Waals surface area contributed by atoms with Crippen molar-refractivity contribution in [3.8, 4) is 22.4 Å². The number of carbonyl (C=O) groups is 5. The molecule has 2 aromatic carbocycles. The predicted molar refractivity (Wildman–Crippen MR) is 209 cm³/mol. The zero-order chi connectivity index (χ0) is 39.2. The number of rotatable bonds is 9. The fourth-order valence-corrected chi connectivity index (χ4v) is 8.89. The molecule has 4 aliphatic rings. The summed E-state index contributed by atoms with van der Waals surface area (Å²) in [5, 5.41) is 8.73. The highest BCUT2D eigenvalue weighted by Crippen LogP contribution is 2.36. The molecule has 2 saturated heterocycles. The lowest BCUT2D eigenvalue weighted by molar-refractivity contribution is -0.138. The van der Waals surface area contributed by atoms with Gasteiger partial charge in [-0.05, 0) is 99.5 Å². The summed E-state index contributed by atoms with van der Waals surface area (Å²) in [6.45, 7) is 1.72. The number of anilines is 1. The van der Waals surface area contributed by atoms with Crippen LogP contribution in [0, 0.1) is 17.8 Å². The first-order chi connectivity index (χ1) is 27.2. The molecule has 0 spiro atoms. The molecule has 56 heavy (non-hydrogen) atoms. The largest absolute Gasteiger partial charge is 0.453 e. The van der Waals surface area contributed by atoms with Crippen molar-refractivity contribution in [3.63, 3.8) is 0 Å². The second-order valence-electron chi connectivity index (χ2n) is 15.7. The van der Waals surface area contributed by atoms with Gasteiger partial charge in [0.1, 0.15) is 5.82 Å². The number of hydrogen-bond donors (Lipinski definition) is 4. The molecule has 3 heterocycles. The lowest BCUT2D eigenvalue weighted by atomic mass is 9.85. The summed E-state index contributed by atoms with van der Waals surface area (Å²) in [4.78, 5) is 75.1.